The van der Waals surface area contributed by atoms with Crippen molar-refractivity contribution in [3.63, 3.8) is 0 Å². The maximum absolute atomic E-state index is 12.9. The lowest BCUT2D eigenvalue weighted by atomic mass is 10.1. The summed E-state index contributed by atoms with van der Waals surface area (Å²) >= 11 is 0. The number of aromatic amines is 1. The van der Waals surface area contributed by atoms with Crippen molar-refractivity contribution in [2.75, 3.05) is 7.05 Å². The van der Waals surface area contributed by atoms with E-state index >= 15 is 0 Å². The fourth-order valence-corrected chi connectivity index (χ4v) is 3.29. The summed E-state index contributed by atoms with van der Waals surface area (Å²) in [5.74, 6) is 2.77. The highest BCUT2D eigenvalue weighted by atomic mass is 16.3. The van der Waals surface area contributed by atoms with Crippen LogP contribution in [0.4, 0.5) is 0 Å². The number of hydrogen-bond donors (Lipinski definition) is 1. The number of nitrogens with zero attached hydrogens (tertiary/aromatic N) is 1. The molecule has 3 aromatic rings. The summed E-state index contributed by atoms with van der Waals surface area (Å²) in [4.78, 5) is 29.1. The molecule has 5 nitrogen and oxygen atoms in total. The van der Waals surface area contributed by atoms with E-state index in [1.54, 1.807) is 18.0 Å². The minimum atomic E-state index is -0.279. The summed E-state index contributed by atoms with van der Waals surface area (Å²) in [6.45, 7) is 2.58. The van der Waals surface area contributed by atoms with Gasteiger partial charge in [-0.1, -0.05) is 25.1 Å². The Labute approximate surface area is 145 Å². The molecule has 1 aliphatic carbocycles. The first-order chi connectivity index (χ1) is 12.0. The van der Waals surface area contributed by atoms with Crippen molar-refractivity contribution >= 4 is 16.8 Å². The van der Waals surface area contributed by atoms with Crippen molar-refractivity contribution in [2.24, 2.45) is 5.92 Å². The number of nitrogens with one attached hydrogen (secondary N) is 1. The third kappa shape index (κ3) is 2.97. The van der Waals surface area contributed by atoms with E-state index in [-0.39, 0.29) is 11.5 Å². The molecule has 128 valence electrons. The number of carbonyl (C=O) groups excluding carboxylic acids is 1. The fourth-order valence-electron chi connectivity index (χ4n) is 3.29. The molecule has 0 saturated heterocycles. The van der Waals surface area contributed by atoms with Crippen molar-refractivity contribution in [1.82, 2.24) is 9.88 Å². The summed E-state index contributed by atoms with van der Waals surface area (Å²) in [7, 11) is 1.72. The van der Waals surface area contributed by atoms with E-state index in [2.05, 4.69) is 11.9 Å². The highest BCUT2D eigenvalue weighted by molar-refractivity contribution is 6.05. The molecule has 0 spiro atoms. The largest absolute Gasteiger partial charge is 0.464 e. The first kappa shape index (κ1) is 15.7. The van der Waals surface area contributed by atoms with Crippen LogP contribution in [0.1, 0.15) is 41.1 Å². The molecule has 0 bridgehead atoms. The van der Waals surface area contributed by atoms with Gasteiger partial charge in [-0.2, -0.15) is 0 Å². The van der Waals surface area contributed by atoms with Crippen LogP contribution in [0.2, 0.25) is 0 Å². The lowest BCUT2D eigenvalue weighted by Gasteiger charge is -2.17. The van der Waals surface area contributed by atoms with Crippen molar-refractivity contribution in [3.8, 4) is 0 Å². The molecule has 2 heterocycles. The van der Waals surface area contributed by atoms with Crippen LogP contribution in [0.15, 0.2) is 51.7 Å². The molecule has 25 heavy (non-hydrogen) atoms. The summed E-state index contributed by atoms with van der Waals surface area (Å²) in [5.41, 5.74) is 0.789. The number of furan rings is 1. The van der Waals surface area contributed by atoms with Gasteiger partial charge in [-0.05, 0) is 30.5 Å². The Morgan fingerprint density at radius 2 is 2.04 bits per heavy atom. The SMILES string of the molecule is CC1CC1c1ccc(CN(C)C(=O)c2cc(=O)[nH]c3ccccc23)o1. The highest BCUT2D eigenvalue weighted by Gasteiger charge is 2.36. The predicted molar refractivity (Wildman–Crippen MR) is 95.6 cm³/mol. The van der Waals surface area contributed by atoms with E-state index in [1.165, 1.54) is 12.5 Å². The zero-order chi connectivity index (χ0) is 17.6. The maximum Gasteiger partial charge on any atom is 0.254 e. The Bertz CT molecular complexity index is 1000. The minimum Gasteiger partial charge on any atom is -0.464 e. The topological polar surface area (TPSA) is 66.3 Å². The van der Waals surface area contributed by atoms with Crippen molar-refractivity contribution < 1.29 is 9.21 Å². The number of amides is 1. The molecule has 2 unspecified atom stereocenters. The third-order valence-electron chi connectivity index (χ3n) is 4.88. The van der Waals surface area contributed by atoms with Gasteiger partial charge in [-0.15, -0.1) is 0 Å². The molecule has 5 heteroatoms. The normalized spacial score (nSPS) is 19.1. The second-order valence-corrected chi connectivity index (χ2v) is 6.88. The Hall–Kier alpha value is -2.82. The van der Waals surface area contributed by atoms with E-state index in [1.807, 2.05) is 30.3 Å². The van der Waals surface area contributed by atoms with Crippen LogP contribution in [-0.2, 0) is 6.54 Å². The molecule has 1 aliphatic rings. The zero-order valence-electron chi connectivity index (χ0n) is 14.3. The Kier molecular flexibility index (Phi) is 3.71. The van der Waals surface area contributed by atoms with E-state index in [0.29, 0.717) is 29.5 Å². The molecular weight excluding hydrogens is 316 g/mol. The van der Waals surface area contributed by atoms with Crippen molar-refractivity contribution in [2.45, 2.75) is 25.8 Å². The Morgan fingerprint density at radius 3 is 2.80 bits per heavy atom. The number of fused-ring (bicyclic) bond motifs is 1. The molecule has 4 rings (SSSR count). The van der Waals surface area contributed by atoms with Crippen LogP contribution in [-0.4, -0.2) is 22.8 Å². The molecular formula is C20H20N2O3. The van der Waals surface area contributed by atoms with Gasteiger partial charge in [-0.25, -0.2) is 0 Å². The summed E-state index contributed by atoms with van der Waals surface area (Å²) in [6, 6.07) is 12.6. The number of pyridine rings is 1. The van der Waals surface area contributed by atoms with Gasteiger partial charge in [0, 0.05) is 29.9 Å². The Morgan fingerprint density at radius 1 is 1.28 bits per heavy atom. The lowest BCUT2D eigenvalue weighted by Crippen LogP contribution is -2.27. The van der Waals surface area contributed by atoms with E-state index in [4.69, 9.17) is 4.42 Å². The van der Waals surface area contributed by atoms with Gasteiger partial charge in [-0.3, -0.25) is 9.59 Å². The molecule has 1 amide bonds. The zero-order valence-corrected chi connectivity index (χ0v) is 14.3. The molecule has 0 aliphatic heterocycles. The quantitative estimate of drug-likeness (QED) is 0.793. The van der Waals surface area contributed by atoms with Gasteiger partial charge in [0.2, 0.25) is 5.56 Å². The standard InChI is InChI=1S/C20H20N2O3/c1-12-9-15(12)18-8-7-13(25-18)11-22(2)20(24)16-10-19(23)21-17-6-4-3-5-14(16)17/h3-8,10,12,15H,9,11H2,1-2H3,(H,21,23). The molecule has 2 aromatic heterocycles. The minimum absolute atomic E-state index is 0.194. The van der Waals surface area contributed by atoms with Crippen LogP contribution in [0.3, 0.4) is 0 Å². The average molecular weight is 336 g/mol. The number of para-hydroxylation sites is 1. The summed E-state index contributed by atoms with van der Waals surface area (Å²) in [5, 5.41) is 0.742. The van der Waals surface area contributed by atoms with Crippen LogP contribution in [0.5, 0.6) is 0 Å². The smallest absolute Gasteiger partial charge is 0.254 e. The number of carbonyl (C=O) groups is 1. The second-order valence-electron chi connectivity index (χ2n) is 6.88. The van der Waals surface area contributed by atoms with Gasteiger partial charge < -0.3 is 14.3 Å². The number of rotatable bonds is 4. The molecule has 2 atom stereocenters. The van der Waals surface area contributed by atoms with Gasteiger partial charge in [0.05, 0.1) is 12.1 Å². The van der Waals surface area contributed by atoms with Crippen molar-refractivity contribution in [1.29, 1.82) is 0 Å². The molecule has 1 aromatic carbocycles. The lowest BCUT2D eigenvalue weighted by molar-refractivity contribution is 0.0776. The van der Waals surface area contributed by atoms with Crippen LogP contribution in [0, 0.1) is 5.92 Å². The van der Waals surface area contributed by atoms with E-state index in [0.717, 1.165) is 16.9 Å². The van der Waals surface area contributed by atoms with E-state index < -0.39 is 0 Å². The number of benzene rings is 1. The first-order valence-corrected chi connectivity index (χ1v) is 8.49. The highest BCUT2D eigenvalue weighted by Crippen LogP contribution is 2.47. The summed E-state index contributed by atoms with van der Waals surface area (Å²) in [6.07, 6.45) is 1.17. The van der Waals surface area contributed by atoms with Gasteiger partial charge >= 0.3 is 0 Å². The number of H-pyrrole nitrogens is 1. The second kappa shape index (κ2) is 5.92. The first-order valence-electron chi connectivity index (χ1n) is 8.49. The van der Waals surface area contributed by atoms with Crippen LogP contribution in [0.25, 0.3) is 10.9 Å². The number of aromatic nitrogens is 1. The van der Waals surface area contributed by atoms with Gasteiger partial charge in [0.15, 0.2) is 0 Å². The molecule has 1 N–H and O–H groups in total. The van der Waals surface area contributed by atoms with Gasteiger partial charge in [0.25, 0.3) is 5.91 Å². The fraction of sp³-hybridized carbons (Fsp3) is 0.300. The Balaban J connectivity index is 1.58. The summed E-state index contributed by atoms with van der Waals surface area (Å²) < 4.78 is 5.88. The molecule has 1 fully saturated rings. The molecule has 0 radical (unpaired) electrons. The van der Waals surface area contributed by atoms with Crippen LogP contribution < -0.4 is 5.56 Å². The van der Waals surface area contributed by atoms with Crippen molar-refractivity contribution in [3.05, 3.63) is 69.9 Å². The van der Waals surface area contributed by atoms with Crippen LogP contribution >= 0.6 is 0 Å². The number of hydrogen-bond acceptors (Lipinski definition) is 3. The van der Waals surface area contributed by atoms with E-state index in [9.17, 15) is 9.59 Å². The van der Waals surface area contributed by atoms with Gasteiger partial charge in [0.1, 0.15) is 11.5 Å². The third-order valence-corrected chi connectivity index (χ3v) is 4.88. The maximum atomic E-state index is 12.9. The predicted octanol–water partition coefficient (Wildman–Crippen LogP) is 3.52. The monoisotopic (exact) mass is 336 g/mol. The average Bonchev–Trinajstić information content (AvgIpc) is 3.15. The molecule has 1 saturated carbocycles.